The lowest BCUT2D eigenvalue weighted by Crippen LogP contribution is -2.28. The van der Waals surface area contributed by atoms with Crippen molar-refractivity contribution in [1.29, 1.82) is 0 Å². The number of carboxylic acids is 2. The minimum absolute atomic E-state index is 0.210. The van der Waals surface area contributed by atoms with Crippen molar-refractivity contribution in [1.82, 2.24) is 0 Å². The van der Waals surface area contributed by atoms with Gasteiger partial charge in [-0.3, -0.25) is 9.59 Å². The summed E-state index contributed by atoms with van der Waals surface area (Å²) in [6.45, 7) is 2.19. The third kappa shape index (κ3) is 9.66. The molecule has 0 aliphatic heterocycles. The Labute approximate surface area is 152 Å². The van der Waals surface area contributed by atoms with E-state index in [2.05, 4.69) is 19.1 Å². The predicted molar refractivity (Wildman–Crippen MR) is 101 cm³/mol. The molecule has 0 heterocycles. The molecule has 0 fully saturated rings. The van der Waals surface area contributed by atoms with E-state index in [0.29, 0.717) is 5.92 Å². The molecular weight excluding hydrogens is 316 g/mol. The third-order valence-electron chi connectivity index (χ3n) is 5.38. The number of allylic oxidation sites excluding steroid dienone is 2. The minimum Gasteiger partial charge on any atom is -0.481 e. The molecule has 0 unspecified atom stereocenters. The lowest BCUT2D eigenvalue weighted by molar-refractivity contribution is -0.144. The van der Waals surface area contributed by atoms with Gasteiger partial charge in [0.2, 0.25) is 0 Å². The molecule has 1 aliphatic rings. The summed E-state index contributed by atoms with van der Waals surface area (Å²) < 4.78 is 0. The fourth-order valence-electron chi connectivity index (χ4n) is 3.83. The Bertz CT molecular complexity index is 416. The molecule has 0 radical (unpaired) electrons. The average Bonchev–Trinajstić information content (AvgIpc) is 2.58. The lowest BCUT2D eigenvalue weighted by Gasteiger charge is -2.29. The smallest absolute Gasteiger partial charge is 0.307 e. The highest BCUT2D eigenvalue weighted by atomic mass is 16.4. The van der Waals surface area contributed by atoms with Crippen LogP contribution in [0.2, 0.25) is 0 Å². The second kappa shape index (κ2) is 13.0. The molecule has 1 rings (SSSR count). The first-order valence-electron chi connectivity index (χ1n) is 10.2. The van der Waals surface area contributed by atoms with E-state index in [1.807, 2.05) is 0 Å². The maximum absolute atomic E-state index is 11.6. The minimum atomic E-state index is -0.712. The molecule has 0 spiro atoms. The van der Waals surface area contributed by atoms with Crippen LogP contribution in [0.15, 0.2) is 12.2 Å². The average molecular weight is 353 g/mol. The van der Waals surface area contributed by atoms with Crippen molar-refractivity contribution in [3.05, 3.63) is 12.2 Å². The molecule has 3 atom stereocenters. The van der Waals surface area contributed by atoms with E-state index >= 15 is 0 Å². The summed E-state index contributed by atoms with van der Waals surface area (Å²) in [4.78, 5) is 22.1. The topological polar surface area (TPSA) is 74.6 Å². The standard InChI is InChI=1S/C21H36O4/c1-2-3-4-9-12-18-15-14-17(16-19(18)21(24)25)11-8-6-5-7-10-13-20(22)23/h14-15,17-19H,2-13,16H2,1H3,(H,22,23)(H,24,25)/t17-,18+,19+/m0/s1. The number of hydrogen-bond donors (Lipinski definition) is 2. The first-order chi connectivity index (χ1) is 12.0. The molecule has 0 amide bonds. The van der Waals surface area contributed by atoms with Crippen molar-refractivity contribution in [3.63, 3.8) is 0 Å². The summed E-state index contributed by atoms with van der Waals surface area (Å²) in [5.41, 5.74) is 0. The summed E-state index contributed by atoms with van der Waals surface area (Å²) in [5.74, 6) is -0.958. The number of carbonyl (C=O) groups is 2. The van der Waals surface area contributed by atoms with E-state index in [1.54, 1.807) is 0 Å². The zero-order valence-corrected chi connectivity index (χ0v) is 15.8. The Balaban J connectivity index is 2.25. The fraction of sp³-hybridized carbons (Fsp3) is 0.810. The zero-order chi connectivity index (χ0) is 18.5. The molecule has 0 aromatic carbocycles. The maximum atomic E-state index is 11.6. The highest BCUT2D eigenvalue weighted by molar-refractivity contribution is 5.71. The quantitative estimate of drug-likeness (QED) is 0.312. The van der Waals surface area contributed by atoms with Crippen LogP contribution in [-0.2, 0) is 9.59 Å². The van der Waals surface area contributed by atoms with Crippen LogP contribution in [0, 0.1) is 17.8 Å². The van der Waals surface area contributed by atoms with E-state index in [1.165, 1.54) is 19.3 Å². The molecule has 0 saturated carbocycles. The normalized spacial score (nSPS) is 22.8. The third-order valence-corrected chi connectivity index (χ3v) is 5.38. The van der Waals surface area contributed by atoms with Crippen LogP contribution >= 0.6 is 0 Å². The highest BCUT2D eigenvalue weighted by Crippen LogP contribution is 2.34. The fourth-order valence-corrected chi connectivity index (χ4v) is 3.83. The van der Waals surface area contributed by atoms with Gasteiger partial charge in [-0.05, 0) is 37.5 Å². The molecule has 4 nitrogen and oxygen atoms in total. The molecule has 144 valence electrons. The molecule has 0 saturated heterocycles. The molecule has 2 N–H and O–H groups in total. The summed E-state index contributed by atoms with van der Waals surface area (Å²) in [6.07, 6.45) is 17.4. The van der Waals surface area contributed by atoms with Crippen LogP contribution in [0.3, 0.4) is 0 Å². The second-order valence-corrected chi connectivity index (χ2v) is 7.54. The Morgan fingerprint density at radius 1 is 0.880 bits per heavy atom. The van der Waals surface area contributed by atoms with Gasteiger partial charge in [0.25, 0.3) is 0 Å². The molecule has 0 aromatic rings. The van der Waals surface area contributed by atoms with Crippen LogP contribution in [-0.4, -0.2) is 22.2 Å². The first kappa shape index (κ1) is 21.7. The molecular formula is C21H36O4. The van der Waals surface area contributed by atoms with E-state index in [-0.39, 0.29) is 18.3 Å². The van der Waals surface area contributed by atoms with Gasteiger partial charge >= 0.3 is 11.9 Å². The largest absolute Gasteiger partial charge is 0.481 e. The Kier molecular flexibility index (Phi) is 11.3. The van der Waals surface area contributed by atoms with Crippen LogP contribution in [0.5, 0.6) is 0 Å². The molecule has 0 bridgehead atoms. The first-order valence-corrected chi connectivity index (χ1v) is 10.2. The summed E-state index contributed by atoms with van der Waals surface area (Å²) >= 11 is 0. The summed E-state index contributed by atoms with van der Waals surface area (Å²) in [7, 11) is 0. The number of aliphatic carboxylic acids is 2. The van der Waals surface area contributed by atoms with Crippen molar-refractivity contribution >= 4 is 11.9 Å². The van der Waals surface area contributed by atoms with E-state index in [0.717, 1.165) is 57.8 Å². The van der Waals surface area contributed by atoms with Crippen molar-refractivity contribution in [2.45, 2.75) is 90.4 Å². The van der Waals surface area contributed by atoms with E-state index in [4.69, 9.17) is 5.11 Å². The Hall–Kier alpha value is -1.32. The van der Waals surface area contributed by atoms with Crippen molar-refractivity contribution in [2.24, 2.45) is 17.8 Å². The Morgan fingerprint density at radius 2 is 1.52 bits per heavy atom. The van der Waals surface area contributed by atoms with Crippen molar-refractivity contribution < 1.29 is 19.8 Å². The molecule has 1 aliphatic carbocycles. The Morgan fingerprint density at radius 3 is 2.20 bits per heavy atom. The van der Waals surface area contributed by atoms with Gasteiger partial charge in [-0.1, -0.05) is 70.4 Å². The highest BCUT2D eigenvalue weighted by Gasteiger charge is 2.31. The van der Waals surface area contributed by atoms with E-state index < -0.39 is 11.9 Å². The van der Waals surface area contributed by atoms with Gasteiger partial charge < -0.3 is 10.2 Å². The second-order valence-electron chi connectivity index (χ2n) is 7.54. The van der Waals surface area contributed by atoms with E-state index in [9.17, 15) is 14.7 Å². The monoisotopic (exact) mass is 352 g/mol. The van der Waals surface area contributed by atoms with Gasteiger partial charge in [0, 0.05) is 6.42 Å². The van der Waals surface area contributed by atoms with Gasteiger partial charge in [0.1, 0.15) is 0 Å². The molecule has 25 heavy (non-hydrogen) atoms. The lowest BCUT2D eigenvalue weighted by atomic mass is 9.75. The van der Waals surface area contributed by atoms with Gasteiger partial charge in [-0.25, -0.2) is 0 Å². The number of hydrogen-bond acceptors (Lipinski definition) is 2. The van der Waals surface area contributed by atoms with Gasteiger partial charge in [-0.15, -0.1) is 0 Å². The van der Waals surface area contributed by atoms with Gasteiger partial charge in [-0.2, -0.15) is 0 Å². The summed E-state index contributed by atoms with van der Waals surface area (Å²) in [5, 5.41) is 18.2. The van der Waals surface area contributed by atoms with Gasteiger partial charge in [0.05, 0.1) is 5.92 Å². The summed E-state index contributed by atoms with van der Waals surface area (Å²) in [6, 6.07) is 0. The maximum Gasteiger partial charge on any atom is 0.307 e. The predicted octanol–water partition coefficient (Wildman–Crippen LogP) is 5.67. The number of rotatable bonds is 14. The van der Waals surface area contributed by atoms with Crippen molar-refractivity contribution in [2.75, 3.05) is 0 Å². The van der Waals surface area contributed by atoms with Crippen molar-refractivity contribution in [3.8, 4) is 0 Å². The zero-order valence-electron chi connectivity index (χ0n) is 15.8. The van der Waals surface area contributed by atoms with Gasteiger partial charge in [0.15, 0.2) is 0 Å². The number of carboxylic acid groups (broad SMARTS) is 2. The van der Waals surface area contributed by atoms with Crippen LogP contribution < -0.4 is 0 Å². The number of unbranched alkanes of at least 4 members (excludes halogenated alkanes) is 7. The van der Waals surface area contributed by atoms with Crippen LogP contribution in [0.4, 0.5) is 0 Å². The van der Waals surface area contributed by atoms with Crippen LogP contribution in [0.1, 0.15) is 90.4 Å². The molecule has 4 heteroatoms. The molecule has 0 aromatic heterocycles. The SMILES string of the molecule is CCCCCC[C@@H]1C=C[C@H](CCCCCCCC(=O)O)C[C@H]1C(=O)O. The van der Waals surface area contributed by atoms with Crippen LogP contribution in [0.25, 0.3) is 0 Å².